The first-order valence-electron chi connectivity index (χ1n) is 6.77. The van der Waals surface area contributed by atoms with E-state index in [1.807, 2.05) is 6.92 Å². The fourth-order valence-electron chi connectivity index (χ4n) is 2.58. The van der Waals surface area contributed by atoms with Crippen molar-refractivity contribution < 1.29 is 4.79 Å². The number of carbonyl (C=O) groups excluding carboxylic acids is 1. The van der Waals surface area contributed by atoms with Crippen LogP contribution >= 0.6 is 11.3 Å². The van der Waals surface area contributed by atoms with Gasteiger partial charge in [-0.1, -0.05) is 13.3 Å². The van der Waals surface area contributed by atoms with Crippen LogP contribution in [0, 0.1) is 12.8 Å². The molecule has 0 spiro atoms. The van der Waals surface area contributed by atoms with Gasteiger partial charge in [-0.2, -0.15) is 0 Å². The summed E-state index contributed by atoms with van der Waals surface area (Å²) in [6, 6.07) is 2.14. The van der Waals surface area contributed by atoms with Crippen molar-refractivity contribution in [1.82, 2.24) is 5.32 Å². The molecule has 3 N–H and O–H groups in total. The number of anilines is 1. The third kappa shape index (κ3) is 3.05. The predicted molar refractivity (Wildman–Crippen MR) is 77.0 cm³/mol. The van der Waals surface area contributed by atoms with Gasteiger partial charge in [0.2, 0.25) is 0 Å². The maximum absolute atomic E-state index is 12.1. The van der Waals surface area contributed by atoms with Crippen LogP contribution in [0.15, 0.2) is 6.07 Å². The number of rotatable bonds is 3. The molecule has 1 saturated carbocycles. The molecule has 4 heteroatoms. The van der Waals surface area contributed by atoms with Gasteiger partial charge in [0.15, 0.2) is 0 Å². The van der Waals surface area contributed by atoms with Crippen molar-refractivity contribution in [1.29, 1.82) is 0 Å². The summed E-state index contributed by atoms with van der Waals surface area (Å²) in [7, 11) is 0. The lowest BCUT2D eigenvalue weighted by Gasteiger charge is -2.28. The molecule has 0 aromatic carbocycles. The Balaban J connectivity index is 1.88. The van der Waals surface area contributed by atoms with Gasteiger partial charge in [0.1, 0.15) is 0 Å². The molecule has 0 saturated heterocycles. The van der Waals surface area contributed by atoms with E-state index >= 15 is 0 Å². The van der Waals surface area contributed by atoms with Crippen LogP contribution in [-0.2, 0) is 0 Å². The second-order valence-corrected chi connectivity index (χ2v) is 6.48. The van der Waals surface area contributed by atoms with Crippen LogP contribution in [0.25, 0.3) is 0 Å². The van der Waals surface area contributed by atoms with Crippen LogP contribution in [0.5, 0.6) is 0 Å². The highest BCUT2D eigenvalue weighted by Crippen LogP contribution is 2.27. The number of nitrogens with two attached hydrogens (primary N) is 1. The van der Waals surface area contributed by atoms with Gasteiger partial charge in [-0.25, -0.2) is 0 Å². The van der Waals surface area contributed by atoms with Gasteiger partial charge in [0.25, 0.3) is 5.91 Å². The molecule has 0 unspecified atom stereocenters. The summed E-state index contributed by atoms with van der Waals surface area (Å²) in [6.07, 6.45) is 5.98. The van der Waals surface area contributed by atoms with E-state index in [1.165, 1.54) is 30.6 Å². The number of hydrogen-bond acceptors (Lipinski definition) is 3. The van der Waals surface area contributed by atoms with E-state index < -0.39 is 0 Å². The van der Waals surface area contributed by atoms with Crippen molar-refractivity contribution in [3.8, 4) is 0 Å². The van der Waals surface area contributed by atoms with Gasteiger partial charge in [-0.05, 0) is 44.6 Å². The molecule has 0 radical (unpaired) electrons. The van der Waals surface area contributed by atoms with E-state index in [1.54, 1.807) is 6.07 Å². The molecular formula is C14H22N2OS. The molecule has 2 rings (SSSR count). The lowest BCUT2D eigenvalue weighted by Crippen LogP contribution is -2.37. The van der Waals surface area contributed by atoms with Gasteiger partial charge >= 0.3 is 0 Å². The number of thiophene rings is 1. The zero-order valence-electron chi connectivity index (χ0n) is 11.2. The highest BCUT2D eigenvalue weighted by molar-refractivity contribution is 7.14. The lowest BCUT2D eigenvalue weighted by molar-refractivity contribution is 0.0926. The number of hydrogen-bond donors (Lipinski definition) is 2. The van der Waals surface area contributed by atoms with Crippen LogP contribution in [-0.4, -0.2) is 11.9 Å². The van der Waals surface area contributed by atoms with E-state index in [2.05, 4.69) is 12.2 Å². The van der Waals surface area contributed by atoms with Crippen LogP contribution in [0.1, 0.15) is 53.6 Å². The molecule has 1 aliphatic rings. The normalized spacial score (nSPS) is 23.9. The maximum Gasteiger partial charge on any atom is 0.261 e. The fourth-order valence-corrected chi connectivity index (χ4v) is 3.42. The zero-order chi connectivity index (χ0) is 13.1. The van der Waals surface area contributed by atoms with Gasteiger partial charge in [0, 0.05) is 16.6 Å². The third-order valence-electron chi connectivity index (χ3n) is 3.94. The molecule has 1 aromatic rings. The molecule has 1 fully saturated rings. The Morgan fingerprint density at radius 3 is 2.61 bits per heavy atom. The first kappa shape index (κ1) is 13.4. The summed E-state index contributed by atoms with van der Waals surface area (Å²) in [4.78, 5) is 13.8. The van der Waals surface area contributed by atoms with E-state index in [0.29, 0.717) is 6.04 Å². The van der Waals surface area contributed by atoms with Crippen molar-refractivity contribution in [2.75, 3.05) is 5.73 Å². The molecule has 1 aliphatic carbocycles. The van der Waals surface area contributed by atoms with Crippen LogP contribution in [0.4, 0.5) is 5.69 Å². The summed E-state index contributed by atoms with van der Waals surface area (Å²) in [5.74, 6) is 0.900. The maximum atomic E-state index is 12.1. The zero-order valence-corrected chi connectivity index (χ0v) is 12.0. The van der Waals surface area contributed by atoms with Gasteiger partial charge < -0.3 is 11.1 Å². The van der Waals surface area contributed by atoms with Crippen LogP contribution in [0.3, 0.4) is 0 Å². The summed E-state index contributed by atoms with van der Waals surface area (Å²) >= 11 is 1.48. The minimum absolute atomic E-state index is 0.0414. The minimum atomic E-state index is 0.0414. The molecule has 100 valence electrons. The Morgan fingerprint density at radius 1 is 1.44 bits per heavy atom. The van der Waals surface area contributed by atoms with Crippen molar-refractivity contribution in [2.45, 2.75) is 52.0 Å². The van der Waals surface area contributed by atoms with E-state index in [0.717, 1.165) is 34.2 Å². The third-order valence-corrected chi connectivity index (χ3v) is 5.00. The second kappa shape index (κ2) is 5.74. The second-order valence-electron chi connectivity index (χ2n) is 5.22. The first-order chi connectivity index (χ1) is 8.60. The average molecular weight is 266 g/mol. The standard InChI is InChI=1S/C14H22N2OS/c1-3-10-4-6-11(7-5-10)16-14(17)13-8-12(15)9(2)18-13/h8,10-11H,3-7,15H2,1-2H3,(H,16,17). The summed E-state index contributed by atoms with van der Waals surface area (Å²) in [5, 5.41) is 3.14. The van der Waals surface area contributed by atoms with Gasteiger partial charge in [-0.15, -0.1) is 11.3 Å². The highest BCUT2D eigenvalue weighted by atomic mass is 32.1. The van der Waals surface area contributed by atoms with E-state index in [-0.39, 0.29) is 5.91 Å². The molecule has 0 atom stereocenters. The molecule has 1 aromatic heterocycles. The summed E-state index contributed by atoms with van der Waals surface area (Å²) in [6.45, 7) is 4.20. The SMILES string of the molecule is CCC1CCC(NC(=O)c2cc(N)c(C)s2)CC1. The first-order valence-corrected chi connectivity index (χ1v) is 7.58. The molecule has 1 amide bonds. The monoisotopic (exact) mass is 266 g/mol. The number of carbonyl (C=O) groups is 1. The molecule has 1 heterocycles. The van der Waals surface area contributed by atoms with Crippen molar-refractivity contribution in [3.63, 3.8) is 0 Å². The van der Waals surface area contributed by atoms with Gasteiger partial charge in [-0.3, -0.25) is 4.79 Å². The lowest BCUT2D eigenvalue weighted by atomic mass is 9.84. The van der Waals surface area contributed by atoms with Crippen LogP contribution in [0.2, 0.25) is 0 Å². The van der Waals surface area contributed by atoms with Crippen molar-refractivity contribution in [2.24, 2.45) is 5.92 Å². The Morgan fingerprint density at radius 2 is 2.11 bits per heavy atom. The van der Waals surface area contributed by atoms with Crippen molar-refractivity contribution >= 4 is 22.9 Å². The Kier molecular flexibility index (Phi) is 4.27. The number of amides is 1. The molecular weight excluding hydrogens is 244 g/mol. The summed E-state index contributed by atoms with van der Waals surface area (Å²) in [5.41, 5.74) is 6.50. The summed E-state index contributed by atoms with van der Waals surface area (Å²) < 4.78 is 0. The minimum Gasteiger partial charge on any atom is -0.398 e. The van der Waals surface area contributed by atoms with Gasteiger partial charge in [0.05, 0.1) is 4.88 Å². The molecule has 18 heavy (non-hydrogen) atoms. The smallest absolute Gasteiger partial charge is 0.261 e. The molecule has 0 aliphatic heterocycles. The van der Waals surface area contributed by atoms with E-state index in [9.17, 15) is 4.79 Å². The van der Waals surface area contributed by atoms with E-state index in [4.69, 9.17) is 5.73 Å². The molecule has 3 nitrogen and oxygen atoms in total. The average Bonchev–Trinajstić information content (AvgIpc) is 2.71. The number of aryl methyl sites for hydroxylation is 1. The number of nitrogens with one attached hydrogen (secondary N) is 1. The topological polar surface area (TPSA) is 55.1 Å². The Labute approximate surface area is 113 Å². The Bertz CT molecular complexity index is 400. The van der Waals surface area contributed by atoms with Crippen LogP contribution < -0.4 is 11.1 Å². The fraction of sp³-hybridized carbons (Fsp3) is 0.643. The Hall–Kier alpha value is -1.03. The largest absolute Gasteiger partial charge is 0.398 e. The number of nitrogen functional groups attached to an aromatic ring is 1. The van der Waals surface area contributed by atoms with Crippen molar-refractivity contribution in [3.05, 3.63) is 15.8 Å². The highest BCUT2D eigenvalue weighted by Gasteiger charge is 2.22. The quantitative estimate of drug-likeness (QED) is 0.881. The molecule has 0 bridgehead atoms. The predicted octanol–water partition coefficient (Wildman–Crippen LogP) is 3.34.